The molecule has 0 atom stereocenters. The molecule has 2 aromatic rings. The Labute approximate surface area is 144 Å². The van der Waals surface area contributed by atoms with Crippen molar-refractivity contribution in [3.63, 3.8) is 0 Å². The predicted molar refractivity (Wildman–Crippen MR) is 96.5 cm³/mol. The normalized spacial score (nSPS) is 13.9. The zero-order valence-electron chi connectivity index (χ0n) is 13.4. The Morgan fingerprint density at radius 1 is 1.17 bits per heavy atom. The summed E-state index contributed by atoms with van der Waals surface area (Å²) in [6.07, 6.45) is 2.37. The third kappa shape index (κ3) is 4.00. The summed E-state index contributed by atoms with van der Waals surface area (Å²) in [5.41, 5.74) is 4.46. The van der Waals surface area contributed by atoms with Crippen LogP contribution in [-0.2, 0) is 0 Å². The molecule has 0 radical (unpaired) electrons. The molecule has 0 spiro atoms. The molecule has 1 fully saturated rings. The van der Waals surface area contributed by atoms with E-state index in [9.17, 15) is 0 Å². The van der Waals surface area contributed by atoms with E-state index in [0.29, 0.717) is 18.4 Å². The fraction of sp³-hybridized carbons (Fsp3) is 0.412. The second kappa shape index (κ2) is 6.84. The lowest BCUT2D eigenvalue weighted by Gasteiger charge is -2.15. The standard InChI is InChI=1S/C17H21BrN4O/c1-10-7-13(18)8-11(2)16(10)21-15-9-14(12-3-4-12)20-17(22-15)19-5-6-23/h7-9,12,23H,3-6H2,1-2H3,(H2,19,20,21,22). The first-order valence-electron chi connectivity index (χ1n) is 7.84. The van der Waals surface area contributed by atoms with Gasteiger partial charge >= 0.3 is 0 Å². The highest BCUT2D eigenvalue weighted by Gasteiger charge is 2.26. The topological polar surface area (TPSA) is 70.1 Å². The Morgan fingerprint density at radius 3 is 2.48 bits per heavy atom. The van der Waals surface area contributed by atoms with Crippen LogP contribution in [0.3, 0.4) is 0 Å². The SMILES string of the molecule is Cc1cc(Br)cc(C)c1Nc1cc(C2CC2)nc(NCCO)n1. The number of aliphatic hydroxyl groups is 1. The smallest absolute Gasteiger partial charge is 0.224 e. The monoisotopic (exact) mass is 376 g/mol. The number of nitrogens with zero attached hydrogens (tertiary/aromatic N) is 2. The minimum Gasteiger partial charge on any atom is -0.395 e. The van der Waals surface area contributed by atoms with Gasteiger partial charge in [0.15, 0.2) is 0 Å². The Balaban J connectivity index is 1.91. The van der Waals surface area contributed by atoms with Crippen molar-refractivity contribution in [3.8, 4) is 0 Å². The van der Waals surface area contributed by atoms with Crippen molar-refractivity contribution in [2.24, 2.45) is 0 Å². The maximum absolute atomic E-state index is 8.98. The van der Waals surface area contributed by atoms with Gasteiger partial charge in [-0.25, -0.2) is 4.98 Å². The lowest BCUT2D eigenvalue weighted by atomic mass is 10.1. The van der Waals surface area contributed by atoms with Crippen LogP contribution >= 0.6 is 15.9 Å². The molecule has 0 saturated heterocycles. The predicted octanol–water partition coefficient (Wildman–Crippen LogP) is 3.88. The number of benzene rings is 1. The molecule has 0 unspecified atom stereocenters. The molecule has 1 heterocycles. The van der Waals surface area contributed by atoms with Crippen LogP contribution in [0.2, 0.25) is 0 Å². The lowest BCUT2D eigenvalue weighted by Crippen LogP contribution is -2.11. The van der Waals surface area contributed by atoms with E-state index in [4.69, 9.17) is 5.11 Å². The first-order valence-corrected chi connectivity index (χ1v) is 8.63. The maximum atomic E-state index is 8.98. The molecule has 1 aromatic heterocycles. The van der Waals surface area contributed by atoms with Crippen LogP contribution in [-0.4, -0.2) is 28.2 Å². The van der Waals surface area contributed by atoms with Crippen molar-refractivity contribution in [2.45, 2.75) is 32.6 Å². The number of anilines is 3. The molecule has 0 amide bonds. The number of nitrogens with one attached hydrogen (secondary N) is 2. The van der Waals surface area contributed by atoms with Gasteiger partial charge in [-0.1, -0.05) is 15.9 Å². The van der Waals surface area contributed by atoms with Gasteiger partial charge in [0.05, 0.1) is 12.3 Å². The molecule has 122 valence electrons. The molecular formula is C17H21BrN4O. The highest BCUT2D eigenvalue weighted by molar-refractivity contribution is 9.10. The van der Waals surface area contributed by atoms with Crippen LogP contribution in [0, 0.1) is 13.8 Å². The van der Waals surface area contributed by atoms with E-state index in [-0.39, 0.29) is 6.61 Å². The summed E-state index contributed by atoms with van der Waals surface area (Å²) in [7, 11) is 0. The van der Waals surface area contributed by atoms with Crippen molar-refractivity contribution < 1.29 is 5.11 Å². The number of aliphatic hydroxyl groups excluding tert-OH is 1. The van der Waals surface area contributed by atoms with Crippen molar-refractivity contribution in [3.05, 3.63) is 39.5 Å². The molecular weight excluding hydrogens is 356 g/mol. The van der Waals surface area contributed by atoms with E-state index < -0.39 is 0 Å². The number of hydrogen-bond acceptors (Lipinski definition) is 5. The van der Waals surface area contributed by atoms with E-state index in [0.717, 1.165) is 32.8 Å². The zero-order valence-corrected chi connectivity index (χ0v) is 14.9. The molecule has 23 heavy (non-hydrogen) atoms. The van der Waals surface area contributed by atoms with Crippen LogP contribution in [0.25, 0.3) is 0 Å². The van der Waals surface area contributed by atoms with Crippen LogP contribution < -0.4 is 10.6 Å². The van der Waals surface area contributed by atoms with Gasteiger partial charge in [-0.15, -0.1) is 0 Å². The number of hydrogen-bond donors (Lipinski definition) is 3. The highest BCUT2D eigenvalue weighted by atomic mass is 79.9. The molecule has 1 aliphatic carbocycles. The summed E-state index contributed by atoms with van der Waals surface area (Å²) in [6.45, 7) is 4.66. The molecule has 1 saturated carbocycles. The minimum absolute atomic E-state index is 0.0602. The first-order chi connectivity index (χ1) is 11.1. The number of rotatable bonds is 6. The average molecular weight is 377 g/mol. The zero-order chi connectivity index (χ0) is 16.4. The van der Waals surface area contributed by atoms with Gasteiger partial charge in [-0.2, -0.15) is 4.98 Å². The highest BCUT2D eigenvalue weighted by Crippen LogP contribution is 2.40. The van der Waals surface area contributed by atoms with Crippen LogP contribution in [0.15, 0.2) is 22.7 Å². The first kappa shape index (κ1) is 16.2. The summed E-state index contributed by atoms with van der Waals surface area (Å²) >= 11 is 3.52. The van der Waals surface area contributed by atoms with Crippen LogP contribution in [0.5, 0.6) is 0 Å². The van der Waals surface area contributed by atoms with E-state index in [1.165, 1.54) is 12.8 Å². The molecule has 6 heteroatoms. The summed E-state index contributed by atoms with van der Waals surface area (Å²) < 4.78 is 1.07. The van der Waals surface area contributed by atoms with Crippen molar-refractivity contribution in [1.29, 1.82) is 0 Å². The van der Waals surface area contributed by atoms with E-state index >= 15 is 0 Å². The van der Waals surface area contributed by atoms with E-state index in [1.54, 1.807) is 0 Å². The van der Waals surface area contributed by atoms with Gasteiger partial charge in [-0.3, -0.25) is 0 Å². The van der Waals surface area contributed by atoms with Gasteiger partial charge in [0, 0.05) is 28.7 Å². The van der Waals surface area contributed by atoms with E-state index in [1.807, 2.05) is 6.07 Å². The number of aromatic nitrogens is 2. The summed E-state index contributed by atoms with van der Waals surface area (Å²) in [5.74, 6) is 1.90. The second-order valence-electron chi connectivity index (χ2n) is 5.97. The van der Waals surface area contributed by atoms with Gasteiger partial charge in [0.25, 0.3) is 0 Å². The van der Waals surface area contributed by atoms with Gasteiger partial charge in [-0.05, 0) is 49.9 Å². The van der Waals surface area contributed by atoms with Gasteiger partial charge in [0.2, 0.25) is 5.95 Å². The van der Waals surface area contributed by atoms with Crippen molar-refractivity contribution in [1.82, 2.24) is 9.97 Å². The third-order valence-corrected chi connectivity index (χ3v) is 4.34. The summed E-state index contributed by atoms with van der Waals surface area (Å²) in [5, 5.41) is 15.5. The van der Waals surface area contributed by atoms with Crippen molar-refractivity contribution >= 4 is 33.4 Å². The molecule has 3 rings (SSSR count). The molecule has 0 aliphatic heterocycles. The van der Waals surface area contributed by atoms with Crippen LogP contribution in [0.4, 0.5) is 17.5 Å². The largest absolute Gasteiger partial charge is 0.395 e. The quantitative estimate of drug-likeness (QED) is 0.713. The fourth-order valence-electron chi connectivity index (χ4n) is 2.60. The Morgan fingerprint density at radius 2 is 1.87 bits per heavy atom. The molecule has 1 aromatic carbocycles. The van der Waals surface area contributed by atoms with Crippen molar-refractivity contribution in [2.75, 3.05) is 23.8 Å². The second-order valence-corrected chi connectivity index (χ2v) is 6.88. The Kier molecular flexibility index (Phi) is 4.82. The molecule has 3 N–H and O–H groups in total. The fourth-order valence-corrected chi connectivity index (χ4v) is 3.29. The lowest BCUT2D eigenvalue weighted by molar-refractivity contribution is 0.311. The average Bonchev–Trinajstić information content (AvgIpc) is 3.33. The molecule has 0 bridgehead atoms. The van der Waals surface area contributed by atoms with Crippen LogP contribution in [0.1, 0.15) is 35.6 Å². The number of halogens is 1. The van der Waals surface area contributed by atoms with Gasteiger partial charge < -0.3 is 15.7 Å². The third-order valence-electron chi connectivity index (χ3n) is 3.89. The summed E-state index contributed by atoms with van der Waals surface area (Å²) in [6, 6.07) is 6.20. The molecule has 1 aliphatic rings. The number of aryl methyl sites for hydroxylation is 2. The Bertz CT molecular complexity index is 693. The Hall–Kier alpha value is -1.66. The minimum atomic E-state index is 0.0602. The molecule has 5 nitrogen and oxygen atoms in total. The van der Waals surface area contributed by atoms with E-state index in [2.05, 4.69) is 62.5 Å². The van der Waals surface area contributed by atoms with Gasteiger partial charge in [0.1, 0.15) is 5.82 Å². The maximum Gasteiger partial charge on any atom is 0.224 e. The summed E-state index contributed by atoms with van der Waals surface area (Å²) in [4.78, 5) is 9.08.